The highest BCUT2D eigenvalue weighted by atomic mass is 35.5. The highest BCUT2D eigenvalue weighted by Crippen LogP contribution is 2.19. The first kappa shape index (κ1) is 11.6. The van der Waals surface area contributed by atoms with Crippen LogP contribution in [0.1, 0.15) is 10.5 Å². The van der Waals surface area contributed by atoms with Crippen molar-refractivity contribution in [2.75, 3.05) is 19.8 Å². The molecule has 5 heteroatoms. The van der Waals surface area contributed by atoms with Gasteiger partial charge in [-0.1, -0.05) is 29.8 Å². The van der Waals surface area contributed by atoms with Crippen molar-refractivity contribution in [1.82, 2.24) is 9.88 Å². The minimum absolute atomic E-state index is 0.0745. The topological polar surface area (TPSA) is 45.3 Å². The van der Waals surface area contributed by atoms with Crippen molar-refractivity contribution in [2.45, 2.75) is 5.50 Å². The van der Waals surface area contributed by atoms with Gasteiger partial charge in [0.15, 0.2) is 0 Å². The number of benzene rings is 1. The zero-order chi connectivity index (χ0) is 12.5. The Hall–Kier alpha value is -1.52. The fourth-order valence-electron chi connectivity index (χ4n) is 2.15. The molecule has 4 nitrogen and oxygen atoms in total. The van der Waals surface area contributed by atoms with E-state index in [0.717, 1.165) is 10.9 Å². The number of nitrogens with one attached hydrogen (secondary N) is 1. The van der Waals surface area contributed by atoms with Gasteiger partial charge in [-0.05, 0) is 12.1 Å². The Labute approximate surface area is 109 Å². The first-order valence-corrected chi connectivity index (χ1v) is 6.30. The summed E-state index contributed by atoms with van der Waals surface area (Å²) in [6, 6.07) is 9.66. The van der Waals surface area contributed by atoms with Crippen LogP contribution in [0.5, 0.6) is 0 Å². The fraction of sp³-hybridized carbons (Fsp3) is 0.308. The van der Waals surface area contributed by atoms with E-state index in [0.29, 0.717) is 25.5 Å². The molecule has 3 rings (SSSR count). The van der Waals surface area contributed by atoms with Crippen molar-refractivity contribution in [2.24, 2.45) is 0 Å². The number of hydrogen-bond acceptors (Lipinski definition) is 2. The van der Waals surface area contributed by atoms with Crippen LogP contribution >= 0.6 is 11.6 Å². The summed E-state index contributed by atoms with van der Waals surface area (Å²) in [6.07, 6.45) is 0. The molecule has 1 aromatic heterocycles. The Kier molecular flexibility index (Phi) is 2.97. The van der Waals surface area contributed by atoms with E-state index < -0.39 is 5.50 Å². The van der Waals surface area contributed by atoms with E-state index in [1.807, 2.05) is 30.3 Å². The summed E-state index contributed by atoms with van der Waals surface area (Å²) in [6.45, 7) is 1.45. The number of aromatic amines is 1. The second kappa shape index (κ2) is 4.63. The van der Waals surface area contributed by atoms with E-state index in [1.54, 1.807) is 4.90 Å². The van der Waals surface area contributed by atoms with Crippen LogP contribution in [0.3, 0.4) is 0 Å². The average Bonchev–Trinajstić information content (AvgIpc) is 2.82. The Morgan fingerprint density at radius 3 is 3.06 bits per heavy atom. The molecule has 1 amide bonds. The summed E-state index contributed by atoms with van der Waals surface area (Å²) >= 11 is 6.09. The van der Waals surface area contributed by atoms with Gasteiger partial charge >= 0.3 is 0 Å². The largest absolute Gasteiger partial charge is 0.376 e. The van der Waals surface area contributed by atoms with Crippen LogP contribution in [0.2, 0.25) is 0 Å². The molecule has 18 heavy (non-hydrogen) atoms. The maximum absolute atomic E-state index is 12.3. The number of aromatic nitrogens is 1. The maximum Gasteiger partial charge on any atom is 0.271 e. The molecular weight excluding hydrogens is 252 g/mol. The van der Waals surface area contributed by atoms with Gasteiger partial charge in [0.05, 0.1) is 13.2 Å². The molecular formula is C13H13ClN2O2. The molecule has 2 heterocycles. The predicted octanol–water partition coefficient (Wildman–Crippen LogP) is 2.21. The van der Waals surface area contributed by atoms with E-state index in [1.165, 1.54) is 0 Å². The molecule has 0 radical (unpaired) electrons. The average molecular weight is 265 g/mol. The maximum atomic E-state index is 12.3. The molecule has 1 N–H and O–H groups in total. The Balaban J connectivity index is 1.91. The van der Waals surface area contributed by atoms with Gasteiger partial charge in [-0.25, -0.2) is 0 Å². The van der Waals surface area contributed by atoms with Crippen molar-refractivity contribution in [3.63, 3.8) is 0 Å². The van der Waals surface area contributed by atoms with Crippen molar-refractivity contribution >= 4 is 28.4 Å². The number of carbonyl (C=O) groups is 1. The van der Waals surface area contributed by atoms with Gasteiger partial charge in [0.25, 0.3) is 5.91 Å². The molecule has 0 aliphatic carbocycles. The van der Waals surface area contributed by atoms with E-state index in [9.17, 15) is 4.79 Å². The van der Waals surface area contributed by atoms with Gasteiger partial charge in [0, 0.05) is 17.4 Å². The molecule has 2 aromatic rings. The quantitative estimate of drug-likeness (QED) is 0.634. The Bertz CT molecular complexity index is 548. The second-order valence-corrected chi connectivity index (χ2v) is 4.78. The lowest BCUT2D eigenvalue weighted by Gasteiger charge is -2.31. The summed E-state index contributed by atoms with van der Waals surface area (Å²) in [5.74, 6) is -0.0745. The number of halogens is 1. The van der Waals surface area contributed by atoms with Crippen LogP contribution in [-0.2, 0) is 4.74 Å². The molecule has 1 aliphatic rings. The molecule has 1 aliphatic heterocycles. The zero-order valence-electron chi connectivity index (χ0n) is 9.73. The summed E-state index contributed by atoms with van der Waals surface area (Å²) < 4.78 is 5.22. The molecule has 0 bridgehead atoms. The lowest BCUT2D eigenvalue weighted by Crippen LogP contribution is -2.45. The first-order chi connectivity index (χ1) is 8.75. The molecule has 1 saturated heterocycles. The number of rotatable bonds is 1. The molecule has 1 aromatic carbocycles. The van der Waals surface area contributed by atoms with E-state index >= 15 is 0 Å². The van der Waals surface area contributed by atoms with Crippen LogP contribution in [0.15, 0.2) is 30.3 Å². The second-order valence-electron chi connectivity index (χ2n) is 4.28. The van der Waals surface area contributed by atoms with Crippen LogP contribution in [0.4, 0.5) is 0 Å². The number of alkyl halides is 1. The highest BCUT2D eigenvalue weighted by molar-refractivity contribution is 6.22. The van der Waals surface area contributed by atoms with Crippen molar-refractivity contribution in [1.29, 1.82) is 0 Å². The van der Waals surface area contributed by atoms with Crippen molar-refractivity contribution < 1.29 is 9.53 Å². The Morgan fingerprint density at radius 1 is 1.44 bits per heavy atom. The molecule has 0 spiro atoms. The minimum Gasteiger partial charge on any atom is -0.376 e. The van der Waals surface area contributed by atoms with Gasteiger partial charge in [-0.3, -0.25) is 4.79 Å². The van der Waals surface area contributed by atoms with E-state index in [4.69, 9.17) is 16.3 Å². The van der Waals surface area contributed by atoms with Crippen molar-refractivity contribution in [3.05, 3.63) is 36.0 Å². The molecule has 1 fully saturated rings. The predicted molar refractivity (Wildman–Crippen MR) is 69.8 cm³/mol. The smallest absolute Gasteiger partial charge is 0.271 e. The fourth-order valence-corrected chi connectivity index (χ4v) is 2.42. The SMILES string of the molecule is O=C(c1cc2ccccc2[nH]1)N1CCOCC1Cl. The number of nitrogens with zero attached hydrogens (tertiary/aromatic N) is 1. The van der Waals surface area contributed by atoms with E-state index in [-0.39, 0.29) is 5.91 Å². The van der Waals surface area contributed by atoms with Crippen LogP contribution < -0.4 is 0 Å². The third-order valence-corrected chi connectivity index (χ3v) is 3.45. The number of carbonyl (C=O) groups excluding carboxylic acids is 1. The van der Waals surface area contributed by atoms with Gasteiger partial charge in [0.2, 0.25) is 0 Å². The summed E-state index contributed by atoms with van der Waals surface area (Å²) in [5, 5.41) is 1.03. The van der Waals surface area contributed by atoms with Crippen LogP contribution in [0.25, 0.3) is 10.9 Å². The Morgan fingerprint density at radius 2 is 2.28 bits per heavy atom. The zero-order valence-corrected chi connectivity index (χ0v) is 10.5. The van der Waals surface area contributed by atoms with E-state index in [2.05, 4.69) is 4.98 Å². The number of amides is 1. The third kappa shape index (κ3) is 1.98. The number of fused-ring (bicyclic) bond motifs is 1. The molecule has 1 unspecified atom stereocenters. The molecule has 94 valence electrons. The summed E-state index contributed by atoms with van der Waals surface area (Å²) in [4.78, 5) is 17.1. The number of hydrogen-bond donors (Lipinski definition) is 1. The lowest BCUT2D eigenvalue weighted by atomic mass is 10.2. The van der Waals surface area contributed by atoms with Gasteiger partial charge in [-0.2, -0.15) is 0 Å². The molecule has 1 atom stereocenters. The monoisotopic (exact) mass is 264 g/mol. The summed E-state index contributed by atoms with van der Waals surface area (Å²) in [5.41, 5.74) is 1.14. The number of H-pyrrole nitrogens is 1. The van der Waals surface area contributed by atoms with Gasteiger partial charge in [-0.15, -0.1) is 0 Å². The van der Waals surface area contributed by atoms with Crippen LogP contribution in [0, 0.1) is 0 Å². The number of morpholine rings is 1. The van der Waals surface area contributed by atoms with Gasteiger partial charge in [0.1, 0.15) is 11.2 Å². The highest BCUT2D eigenvalue weighted by Gasteiger charge is 2.27. The minimum atomic E-state index is -0.391. The third-order valence-electron chi connectivity index (χ3n) is 3.09. The lowest BCUT2D eigenvalue weighted by molar-refractivity contribution is 0.0195. The normalized spacial score (nSPS) is 20.3. The van der Waals surface area contributed by atoms with Gasteiger partial charge < -0.3 is 14.6 Å². The number of para-hydroxylation sites is 1. The van der Waals surface area contributed by atoms with Crippen molar-refractivity contribution in [3.8, 4) is 0 Å². The standard InChI is InChI=1S/C13H13ClN2O2/c14-12-8-18-6-5-16(12)13(17)11-7-9-3-1-2-4-10(9)15-11/h1-4,7,12,15H,5-6,8H2. The number of ether oxygens (including phenoxy) is 1. The molecule has 0 saturated carbocycles. The summed E-state index contributed by atoms with van der Waals surface area (Å²) in [7, 11) is 0. The first-order valence-electron chi connectivity index (χ1n) is 5.86. The van der Waals surface area contributed by atoms with Crippen LogP contribution in [-0.4, -0.2) is 41.1 Å².